The molecule has 1 aromatic rings. The van der Waals surface area contributed by atoms with Crippen molar-refractivity contribution in [2.24, 2.45) is 5.92 Å². The molecule has 2 rings (SSSR count). The van der Waals surface area contributed by atoms with Crippen LogP contribution in [0.15, 0.2) is 24.3 Å². The number of benzene rings is 1. The quantitative estimate of drug-likeness (QED) is 0.819. The Balaban J connectivity index is 1.80. The number of hydrogen-bond acceptors (Lipinski definition) is 2. The molecule has 0 amide bonds. The lowest BCUT2D eigenvalue weighted by molar-refractivity contribution is 0.0420. The van der Waals surface area contributed by atoms with Gasteiger partial charge >= 0.3 is 0 Å². The van der Waals surface area contributed by atoms with Crippen LogP contribution in [0.5, 0.6) is 0 Å². The first-order chi connectivity index (χ1) is 8.19. The van der Waals surface area contributed by atoms with Crippen molar-refractivity contribution in [3.63, 3.8) is 0 Å². The minimum Gasteiger partial charge on any atom is -0.393 e. The largest absolute Gasteiger partial charge is 0.393 e. The molecule has 0 aromatic heterocycles. The second-order valence-electron chi connectivity index (χ2n) is 5.22. The smallest absolute Gasteiger partial charge is 0.0546 e. The van der Waals surface area contributed by atoms with Crippen LogP contribution in [0.3, 0.4) is 0 Å². The summed E-state index contributed by atoms with van der Waals surface area (Å²) in [5.74, 6) is 0.669. The highest BCUT2D eigenvalue weighted by atomic mass is 16.3. The summed E-state index contributed by atoms with van der Waals surface area (Å²) in [7, 11) is 0. The van der Waals surface area contributed by atoms with Crippen LogP contribution in [0, 0.1) is 5.92 Å². The van der Waals surface area contributed by atoms with Crippen molar-refractivity contribution in [2.45, 2.75) is 45.3 Å². The van der Waals surface area contributed by atoms with E-state index in [1.807, 2.05) is 0 Å². The molecule has 1 atom stereocenters. The molecule has 1 saturated carbocycles. The van der Waals surface area contributed by atoms with Crippen molar-refractivity contribution < 1.29 is 5.11 Å². The van der Waals surface area contributed by atoms with E-state index < -0.39 is 0 Å². The monoisotopic (exact) mass is 233 g/mol. The molecule has 0 radical (unpaired) electrons. The van der Waals surface area contributed by atoms with Gasteiger partial charge in [0.05, 0.1) is 6.10 Å². The van der Waals surface area contributed by atoms with Gasteiger partial charge in [0, 0.05) is 6.04 Å². The number of nitrogens with one attached hydrogen (secondary N) is 1. The van der Waals surface area contributed by atoms with E-state index in [1.54, 1.807) is 0 Å². The molecule has 0 bridgehead atoms. The van der Waals surface area contributed by atoms with Gasteiger partial charge in [0.1, 0.15) is 0 Å². The van der Waals surface area contributed by atoms with Gasteiger partial charge in [0.25, 0.3) is 0 Å². The second-order valence-corrected chi connectivity index (χ2v) is 5.22. The molecule has 0 aliphatic heterocycles. The fourth-order valence-electron chi connectivity index (χ4n) is 2.37. The SMILES string of the molecule is CCc1ccc(C(C)NCC2CC(O)C2)cc1. The van der Waals surface area contributed by atoms with Gasteiger partial charge in [-0.1, -0.05) is 31.2 Å². The molecule has 17 heavy (non-hydrogen) atoms. The maximum Gasteiger partial charge on any atom is 0.0546 e. The van der Waals surface area contributed by atoms with Crippen LogP contribution in [0.25, 0.3) is 0 Å². The molecule has 2 N–H and O–H groups in total. The highest BCUT2D eigenvalue weighted by Crippen LogP contribution is 2.27. The van der Waals surface area contributed by atoms with Gasteiger partial charge in [-0.2, -0.15) is 0 Å². The minimum absolute atomic E-state index is 0.0408. The normalized spacial score (nSPS) is 25.4. The van der Waals surface area contributed by atoms with Crippen LogP contribution in [0.4, 0.5) is 0 Å². The van der Waals surface area contributed by atoms with Crippen molar-refractivity contribution in [1.29, 1.82) is 0 Å². The number of aliphatic hydroxyl groups is 1. The first kappa shape index (κ1) is 12.6. The molecular weight excluding hydrogens is 210 g/mol. The highest BCUT2D eigenvalue weighted by Gasteiger charge is 2.26. The third-order valence-electron chi connectivity index (χ3n) is 3.81. The Morgan fingerprint density at radius 3 is 2.47 bits per heavy atom. The van der Waals surface area contributed by atoms with Crippen molar-refractivity contribution in [3.8, 4) is 0 Å². The maximum absolute atomic E-state index is 9.23. The summed E-state index contributed by atoms with van der Waals surface area (Å²) < 4.78 is 0. The van der Waals surface area contributed by atoms with E-state index >= 15 is 0 Å². The average Bonchev–Trinajstić information content (AvgIpc) is 2.33. The summed E-state index contributed by atoms with van der Waals surface area (Å²) in [4.78, 5) is 0. The second kappa shape index (κ2) is 5.65. The Bertz CT molecular complexity index is 340. The van der Waals surface area contributed by atoms with Gasteiger partial charge in [0.2, 0.25) is 0 Å². The Labute approximate surface area is 104 Å². The predicted molar refractivity (Wildman–Crippen MR) is 71.0 cm³/mol. The van der Waals surface area contributed by atoms with Gasteiger partial charge in [-0.15, -0.1) is 0 Å². The first-order valence-electron chi connectivity index (χ1n) is 6.69. The molecule has 0 spiro atoms. The zero-order valence-electron chi connectivity index (χ0n) is 10.8. The van der Waals surface area contributed by atoms with Crippen LogP contribution in [0.2, 0.25) is 0 Å². The number of hydrogen-bond donors (Lipinski definition) is 2. The van der Waals surface area contributed by atoms with Gasteiger partial charge < -0.3 is 10.4 Å². The summed E-state index contributed by atoms with van der Waals surface area (Å²) in [5, 5.41) is 12.8. The molecule has 94 valence electrons. The van der Waals surface area contributed by atoms with Gasteiger partial charge in [0.15, 0.2) is 0 Å². The summed E-state index contributed by atoms with van der Waals surface area (Å²) >= 11 is 0. The fourth-order valence-corrected chi connectivity index (χ4v) is 2.37. The fraction of sp³-hybridized carbons (Fsp3) is 0.600. The van der Waals surface area contributed by atoms with Crippen LogP contribution < -0.4 is 5.32 Å². The topological polar surface area (TPSA) is 32.3 Å². The Kier molecular flexibility index (Phi) is 4.19. The van der Waals surface area contributed by atoms with E-state index in [4.69, 9.17) is 0 Å². The lowest BCUT2D eigenvalue weighted by Crippen LogP contribution is -2.36. The van der Waals surface area contributed by atoms with Crippen LogP contribution >= 0.6 is 0 Å². The number of aliphatic hydroxyl groups excluding tert-OH is 1. The van der Waals surface area contributed by atoms with E-state index in [-0.39, 0.29) is 6.10 Å². The Morgan fingerprint density at radius 1 is 1.29 bits per heavy atom. The molecule has 1 aliphatic carbocycles. The van der Waals surface area contributed by atoms with Crippen molar-refractivity contribution in [1.82, 2.24) is 5.32 Å². The number of rotatable bonds is 5. The lowest BCUT2D eigenvalue weighted by atomic mass is 9.82. The van der Waals surface area contributed by atoms with Crippen molar-refractivity contribution in [3.05, 3.63) is 35.4 Å². The first-order valence-corrected chi connectivity index (χ1v) is 6.69. The molecular formula is C15H23NO. The van der Waals surface area contributed by atoms with E-state index in [1.165, 1.54) is 11.1 Å². The molecule has 1 fully saturated rings. The summed E-state index contributed by atoms with van der Waals surface area (Å²) in [6.45, 7) is 5.41. The third kappa shape index (κ3) is 3.30. The molecule has 0 heterocycles. The van der Waals surface area contributed by atoms with E-state index in [9.17, 15) is 5.11 Å². The van der Waals surface area contributed by atoms with Gasteiger partial charge in [-0.05, 0) is 49.8 Å². The molecule has 1 aromatic carbocycles. The minimum atomic E-state index is -0.0408. The summed E-state index contributed by atoms with van der Waals surface area (Å²) in [6, 6.07) is 9.25. The zero-order chi connectivity index (χ0) is 12.3. The molecule has 1 aliphatic rings. The maximum atomic E-state index is 9.23. The Hall–Kier alpha value is -0.860. The average molecular weight is 233 g/mol. The van der Waals surface area contributed by atoms with Gasteiger partial charge in [-0.3, -0.25) is 0 Å². The number of aryl methyl sites for hydroxylation is 1. The standard InChI is InChI=1S/C15H23NO/c1-3-12-4-6-14(7-5-12)11(2)16-10-13-8-15(17)9-13/h4-7,11,13,15-17H,3,8-10H2,1-2H3. The zero-order valence-corrected chi connectivity index (χ0v) is 10.8. The lowest BCUT2D eigenvalue weighted by Gasteiger charge is -2.32. The molecule has 2 nitrogen and oxygen atoms in total. The molecule has 0 saturated heterocycles. The summed E-state index contributed by atoms with van der Waals surface area (Å²) in [6.07, 6.45) is 2.99. The highest BCUT2D eigenvalue weighted by molar-refractivity contribution is 5.24. The van der Waals surface area contributed by atoms with E-state index in [2.05, 4.69) is 43.4 Å². The van der Waals surface area contributed by atoms with Crippen molar-refractivity contribution >= 4 is 0 Å². The summed E-state index contributed by atoms with van der Waals surface area (Å²) in [5.41, 5.74) is 2.74. The Morgan fingerprint density at radius 2 is 1.94 bits per heavy atom. The van der Waals surface area contributed by atoms with E-state index in [0.717, 1.165) is 25.8 Å². The van der Waals surface area contributed by atoms with Crippen LogP contribution in [-0.2, 0) is 6.42 Å². The van der Waals surface area contributed by atoms with Crippen LogP contribution in [0.1, 0.15) is 43.9 Å². The van der Waals surface area contributed by atoms with Gasteiger partial charge in [-0.25, -0.2) is 0 Å². The third-order valence-corrected chi connectivity index (χ3v) is 3.81. The van der Waals surface area contributed by atoms with Crippen LogP contribution in [-0.4, -0.2) is 17.8 Å². The molecule has 1 unspecified atom stereocenters. The van der Waals surface area contributed by atoms with E-state index in [0.29, 0.717) is 12.0 Å². The van der Waals surface area contributed by atoms with Crippen molar-refractivity contribution in [2.75, 3.05) is 6.54 Å². The predicted octanol–water partition coefficient (Wildman–Crippen LogP) is 2.67. The molecule has 2 heteroatoms.